The van der Waals surface area contributed by atoms with Gasteiger partial charge in [0.1, 0.15) is 11.6 Å². The van der Waals surface area contributed by atoms with Gasteiger partial charge in [0.05, 0.1) is 6.61 Å². The highest BCUT2D eigenvalue weighted by Gasteiger charge is 2.15. The summed E-state index contributed by atoms with van der Waals surface area (Å²) in [4.78, 5) is 0. The number of halogens is 1. The Kier molecular flexibility index (Phi) is 5.36. The minimum atomic E-state index is -0.180. The largest absolute Gasteiger partial charge is 0.493 e. The summed E-state index contributed by atoms with van der Waals surface area (Å²) < 4.78 is 19.5. The zero-order valence-corrected chi connectivity index (χ0v) is 12.9. The number of aryl methyl sites for hydroxylation is 1. The van der Waals surface area contributed by atoms with Crippen molar-refractivity contribution in [2.75, 3.05) is 13.7 Å². The molecule has 0 saturated carbocycles. The molecular weight excluding hydrogens is 241 g/mol. The van der Waals surface area contributed by atoms with Crippen LogP contribution < -0.4 is 10.1 Å². The topological polar surface area (TPSA) is 21.3 Å². The summed E-state index contributed by atoms with van der Waals surface area (Å²) in [5, 5.41) is 3.13. The van der Waals surface area contributed by atoms with Crippen molar-refractivity contribution in [2.45, 2.75) is 47.1 Å². The van der Waals surface area contributed by atoms with E-state index in [1.165, 1.54) is 0 Å². The number of nitrogens with one attached hydrogen (secondary N) is 1. The first kappa shape index (κ1) is 16.0. The number of benzene rings is 1. The molecule has 0 amide bonds. The maximum Gasteiger partial charge on any atom is 0.126 e. The Labute approximate surface area is 116 Å². The Morgan fingerprint density at radius 3 is 2.47 bits per heavy atom. The third-order valence-corrected chi connectivity index (χ3v) is 3.30. The molecule has 1 unspecified atom stereocenters. The van der Waals surface area contributed by atoms with E-state index in [1.54, 1.807) is 19.1 Å². The molecule has 0 bridgehead atoms. The molecule has 108 valence electrons. The molecule has 2 nitrogen and oxygen atoms in total. The first-order valence-corrected chi connectivity index (χ1v) is 6.84. The highest BCUT2D eigenvalue weighted by Crippen LogP contribution is 2.29. The minimum absolute atomic E-state index is 0.0692. The fourth-order valence-corrected chi connectivity index (χ4v) is 1.76. The lowest BCUT2D eigenvalue weighted by Gasteiger charge is -2.21. The van der Waals surface area contributed by atoms with Crippen LogP contribution in [-0.2, 0) is 0 Å². The zero-order chi connectivity index (χ0) is 14.6. The molecule has 19 heavy (non-hydrogen) atoms. The SMILES string of the molecule is CNC(C)c1cc(F)c(C)cc1OCCC(C)(C)C. The molecule has 0 heterocycles. The summed E-state index contributed by atoms with van der Waals surface area (Å²) in [6.45, 7) is 11.0. The van der Waals surface area contributed by atoms with E-state index in [1.807, 2.05) is 14.0 Å². The molecule has 1 atom stereocenters. The Balaban J connectivity index is 2.88. The fourth-order valence-electron chi connectivity index (χ4n) is 1.76. The van der Waals surface area contributed by atoms with Gasteiger partial charge in [-0.25, -0.2) is 4.39 Å². The molecule has 1 aromatic rings. The monoisotopic (exact) mass is 267 g/mol. The second kappa shape index (κ2) is 6.38. The maximum atomic E-state index is 13.7. The predicted molar refractivity (Wildman–Crippen MR) is 78.2 cm³/mol. The average molecular weight is 267 g/mol. The van der Waals surface area contributed by atoms with Gasteiger partial charge in [-0.05, 0) is 50.4 Å². The van der Waals surface area contributed by atoms with E-state index in [2.05, 4.69) is 26.1 Å². The van der Waals surface area contributed by atoms with E-state index in [-0.39, 0.29) is 17.3 Å². The van der Waals surface area contributed by atoms with Crippen molar-refractivity contribution in [1.29, 1.82) is 0 Å². The first-order chi connectivity index (χ1) is 8.74. The van der Waals surface area contributed by atoms with Crippen LogP contribution in [0.4, 0.5) is 4.39 Å². The second-order valence-corrected chi connectivity index (χ2v) is 6.31. The van der Waals surface area contributed by atoms with Gasteiger partial charge in [0.2, 0.25) is 0 Å². The Morgan fingerprint density at radius 2 is 1.95 bits per heavy atom. The molecule has 0 saturated heterocycles. The van der Waals surface area contributed by atoms with Crippen molar-refractivity contribution in [3.8, 4) is 5.75 Å². The van der Waals surface area contributed by atoms with Crippen LogP contribution in [0.15, 0.2) is 12.1 Å². The molecule has 0 aliphatic carbocycles. The van der Waals surface area contributed by atoms with Crippen LogP contribution in [0.25, 0.3) is 0 Å². The highest BCUT2D eigenvalue weighted by atomic mass is 19.1. The summed E-state index contributed by atoms with van der Waals surface area (Å²) in [6.07, 6.45) is 0.969. The van der Waals surface area contributed by atoms with Gasteiger partial charge < -0.3 is 10.1 Å². The smallest absolute Gasteiger partial charge is 0.126 e. The fraction of sp³-hybridized carbons (Fsp3) is 0.625. The molecule has 1 rings (SSSR count). The summed E-state index contributed by atoms with van der Waals surface area (Å²) in [6, 6.07) is 3.43. The normalized spacial score (nSPS) is 13.4. The molecule has 0 radical (unpaired) electrons. The van der Waals surface area contributed by atoms with Crippen molar-refractivity contribution < 1.29 is 9.13 Å². The lowest BCUT2D eigenvalue weighted by Crippen LogP contribution is -2.16. The van der Waals surface area contributed by atoms with Crippen LogP contribution in [0.1, 0.15) is 51.3 Å². The molecule has 0 aliphatic heterocycles. The van der Waals surface area contributed by atoms with Crippen molar-refractivity contribution in [3.05, 3.63) is 29.1 Å². The van der Waals surface area contributed by atoms with Crippen LogP contribution in [0.5, 0.6) is 5.75 Å². The van der Waals surface area contributed by atoms with Crippen LogP contribution in [0.2, 0.25) is 0 Å². The van der Waals surface area contributed by atoms with Gasteiger partial charge in [0.15, 0.2) is 0 Å². The predicted octanol–water partition coefficient (Wildman–Crippen LogP) is 4.23. The van der Waals surface area contributed by atoms with E-state index < -0.39 is 0 Å². The van der Waals surface area contributed by atoms with Gasteiger partial charge in [0.25, 0.3) is 0 Å². The van der Waals surface area contributed by atoms with Gasteiger partial charge in [-0.3, -0.25) is 0 Å². The van der Waals surface area contributed by atoms with Crippen LogP contribution in [0, 0.1) is 18.2 Å². The molecule has 1 aromatic carbocycles. The van der Waals surface area contributed by atoms with Crippen molar-refractivity contribution in [3.63, 3.8) is 0 Å². The summed E-state index contributed by atoms with van der Waals surface area (Å²) in [7, 11) is 1.86. The van der Waals surface area contributed by atoms with Crippen molar-refractivity contribution >= 4 is 0 Å². The number of rotatable bonds is 5. The number of ether oxygens (including phenoxy) is 1. The Morgan fingerprint density at radius 1 is 1.32 bits per heavy atom. The highest BCUT2D eigenvalue weighted by molar-refractivity contribution is 5.40. The van der Waals surface area contributed by atoms with E-state index >= 15 is 0 Å². The van der Waals surface area contributed by atoms with Gasteiger partial charge in [-0.15, -0.1) is 0 Å². The quantitative estimate of drug-likeness (QED) is 0.862. The Bertz CT molecular complexity index is 423. The Hall–Kier alpha value is -1.09. The van der Waals surface area contributed by atoms with E-state index in [4.69, 9.17) is 4.74 Å². The van der Waals surface area contributed by atoms with Crippen molar-refractivity contribution in [1.82, 2.24) is 5.32 Å². The molecule has 3 heteroatoms. The summed E-state index contributed by atoms with van der Waals surface area (Å²) >= 11 is 0. The van der Waals surface area contributed by atoms with Crippen LogP contribution in [0.3, 0.4) is 0 Å². The molecule has 0 aromatic heterocycles. The molecule has 1 N–H and O–H groups in total. The van der Waals surface area contributed by atoms with E-state index in [0.29, 0.717) is 12.2 Å². The summed E-state index contributed by atoms with van der Waals surface area (Å²) in [5.74, 6) is 0.602. The standard InChI is InChI=1S/C16H26FNO/c1-11-9-15(19-8-7-16(3,4)5)13(10-14(11)17)12(2)18-6/h9-10,12,18H,7-8H2,1-6H3. The second-order valence-electron chi connectivity index (χ2n) is 6.31. The number of hydrogen-bond donors (Lipinski definition) is 1. The lowest BCUT2D eigenvalue weighted by molar-refractivity contribution is 0.240. The van der Waals surface area contributed by atoms with Gasteiger partial charge in [-0.2, -0.15) is 0 Å². The lowest BCUT2D eigenvalue weighted by atomic mass is 9.93. The number of hydrogen-bond acceptors (Lipinski definition) is 2. The van der Waals surface area contributed by atoms with E-state index in [9.17, 15) is 4.39 Å². The van der Waals surface area contributed by atoms with Crippen LogP contribution in [-0.4, -0.2) is 13.7 Å². The zero-order valence-electron chi connectivity index (χ0n) is 12.9. The molecular formula is C16H26FNO. The average Bonchev–Trinajstić information content (AvgIpc) is 2.30. The maximum absolute atomic E-state index is 13.7. The van der Waals surface area contributed by atoms with Gasteiger partial charge in [0, 0.05) is 11.6 Å². The van der Waals surface area contributed by atoms with Gasteiger partial charge in [-0.1, -0.05) is 20.8 Å². The van der Waals surface area contributed by atoms with Crippen LogP contribution >= 0.6 is 0 Å². The third kappa shape index (κ3) is 4.83. The summed E-state index contributed by atoms with van der Waals surface area (Å²) in [5.41, 5.74) is 1.74. The first-order valence-electron chi connectivity index (χ1n) is 6.84. The molecule has 0 aliphatic rings. The van der Waals surface area contributed by atoms with E-state index in [0.717, 1.165) is 17.7 Å². The molecule has 0 fully saturated rings. The van der Waals surface area contributed by atoms with Crippen molar-refractivity contribution in [2.24, 2.45) is 5.41 Å². The molecule has 0 spiro atoms. The van der Waals surface area contributed by atoms with Gasteiger partial charge >= 0.3 is 0 Å². The third-order valence-electron chi connectivity index (χ3n) is 3.30. The minimum Gasteiger partial charge on any atom is -0.493 e.